The number of anilines is 2. The molecule has 10 nitrogen and oxygen atoms in total. The molecule has 1 aromatic heterocycles. The Balaban J connectivity index is 1.28. The molecule has 0 bridgehead atoms. The molecule has 0 saturated carbocycles. The van der Waals surface area contributed by atoms with Crippen LogP contribution in [0.3, 0.4) is 0 Å². The van der Waals surface area contributed by atoms with Gasteiger partial charge in [0.05, 0.1) is 16.5 Å². The van der Waals surface area contributed by atoms with Crippen molar-refractivity contribution >= 4 is 67.3 Å². The Bertz CT molecular complexity index is 1580. The van der Waals surface area contributed by atoms with Gasteiger partial charge >= 0.3 is 0 Å². The third-order valence-corrected chi connectivity index (χ3v) is 7.23. The summed E-state index contributed by atoms with van der Waals surface area (Å²) in [7, 11) is 1.59. The van der Waals surface area contributed by atoms with Gasteiger partial charge in [-0.3, -0.25) is 20.2 Å². The molecule has 2 N–H and O–H groups in total. The van der Waals surface area contributed by atoms with Crippen molar-refractivity contribution in [1.29, 1.82) is 0 Å². The van der Waals surface area contributed by atoms with E-state index in [-0.39, 0.29) is 16.4 Å². The highest BCUT2D eigenvalue weighted by molar-refractivity contribution is 9.10. The molecule has 1 amide bonds. The zero-order valence-electron chi connectivity index (χ0n) is 20.9. The lowest BCUT2D eigenvalue weighted by Crippen LogP contribution is -2.34. The number of benzene rings is 3. The van der Waals surface area contributed by atoms with Crippen LogP contribution in [-0.4, -0.2) is 41.1 Å². The lowest BCUT2D eigenvalue weighted by Gasteiger charge is -2.28. The van der Waals surface area contributed by atoms with Crippen LogP contribution in [0.15, 0.2) is 63.5 Å². The van der Waals surface area contributed by atoms with Gasteiger partial charge in [0.1, 0.15) is 17.0 Å². The van der Waals surface area contributed by atoms with Gasteiger partial charge in [-0.05, 0) is 95.9 Å². The van der Waals surface area contributed by atoms with Crippen molar-refractivity contribution in [2.24, 2.45) is 0 Å². The van der Waals surface area contributed by atoms with Gasteiger partial charge < -0.3 is 19.4 Å². The van der Waals surface area contributed by atoms with Gasteiger partial charge in [0, 0.05) is 36.0 Å². The SMILES string of the molecule is COc1ccc(-c2nc3cc(NC(=S)NC(=O)c4ccc(N5CCCCC5)c([N+](=O)[O-])c4)ccc3o2)cc1Br. The van der Waals surface area contributed by atoms with Crippen LogP contribution in [0.25, 0.3) is 22.6 Å². The number of carbonyl (C=O) groups is 1. The summed E-state index contributed by atoms with van der Waals surface area (Å²) >= 11 is 8.79. The monoisotopic (exact) mass is 609 g/mol. The fraction of sp³-hybridized carbons (Fsp3) is 0.222. The minimum Gasteiger partial charge on any atom is -0.496 e. The fourth-order valence-electron chi connectivity index (χ4n) is 4.48. The van der Waals surface area contributed by atoms with E-state index in [2.05, 4.69) is 31.5 Å². The van der Waals surface area contributed by atoms with Crippen LogP contribution in [0, 0.1) is 10.1 Å². The summed E-state index contributed by atoms with van der Waals surface area (Å²) in [6, 6.07) is 15.3. The Morgan fingerprint density at radius 1 is 1.13 bits per heavy atom. The van der Waals surface area contributed by atoms with E-state index in [0.717, 1.165) is 42.4 Å². The number of piperidine rings is 1. The number of hydrogen-bond acceptors (Lipinski definition) is 8. The maximum absolute atomic E-state index is 12.8. The Hall–Kier alpha value is -4.03. The molecule has 1 fully saturated rings. The minimum atomic E-state index is -0.546. The predicted octanol–water partition coefficient (Wildman–Crippen LogP) is 6.29. The average Bonchev–Trinajstić information content (AvgIpc) is 3.36. The van der Waals surface area contributed by atoms with Crippen LogP contribution in [-0.2, 0) is 0 Å². The average molecular weight is 610 g/mol. The third kappa shape index (κ3) is 5.86. The molecule has 0 spiro atoms. The van der Waals surface area contributed by atoms with Crippen LogP contribution in [0.1, 0.15) is 29.6 Å². The number of aromatic nitrogens is 1. The van der Waals surface area contributed by atoms with Crippen LogP contribution in [0.5, 0.6) is 5.75 Å². The van der Waals surface area contributed by atoms with Crippen LogP contribution in [0.4, 0.5) is 17.1 Å². The molecule has 0 atom stereocenters. The number of methoxy groups -OCH3 is 1. The van der Waals surface area contributed by atoms with Gasteiger partial charge in [-0.2, -0.15) is 0 Å². The number of thiocarbonyl (C=S) groups is 1. The van der Waals surface area contributed by atoms with Gasteiger partial charge in [0.25, 0.3) is 11.6 Å². The Morgan fingerprint density at radius 2 is 1.92 bits per heavy atom. The summed E-state index contributed by atoms with van der Waals surface area (Å²) in [5, 5.41) is 17.3. The zero-order chi connectivity index (χ0) is 27.5. The minimum absolute atomic E-state index is 0.0462. The molecule has 0 unspecified atom stereocenters. The quantitative estimate of drug-likeness (QED) is 0.147. The molecule has 0 radical (unpaired) electrons. The van der Waals surface area contributed by atoms with Crippen molar-refractivity contribution in [3.05, 3.63) is 74.7 Å². The molecule has 4 aromatic rings. The summed E-state index contributed by atoms with van der Waals surface area (Å²) in [5.41, 5.74) is 3.12. The Labute approximate surface area is 237 Å². The second-order valence-electron chi connectivity index (χ2n) is 8.97. The first kappa shape index (κ1) is 26.6. The summed E-state index contributed by atoms with van der Waals surface area (Å²) < 4.78 is 11.9. The van der Waals surface area contributed by atoms with Crippen molar-refractivity contribution in [1.82, 2.24) is 10.3 Å². The van der Waals surface area contributed by atoms with Gasteiger partial charge in [-0.1, -0.05) is 0 Å². The number of ether oxygens (including phenoxy) is 1. The third-order valence-electron chi connectivity index (χ3n) is 6.40. The molecule has 2 heterocycles. The van der Waals surface area contributed by atoms with Gasteiger partial charge in [-0.15, -0.1) is 0 Å². The smallest absolute Gasteiger partial charge is 0.293 e. The number of fused-ring (bicyclic) bond motifs is 1. The van der Waals surface area contributed by atoms with Gasteiger partial charge in [0.2, 0.25) is 5.89 Å². The van der Waals surface area contributed by atoms with E-state index in [4.69, 9.17) is 21.4 Å². The van der Waals surface area contributed by atoms with Crippen molar-refractivity contribution in [2.45, 2.75) is 19.3 Å². The molecule has 1 aliphatic heterocycles. The van der Waals surface area contributed by atoms with E-state index in [1.54, 1.807) is 37.4 Å². The van der Waals surface area contributed by atoms with E-state index in [1.807, 2.05) is 23.1 Å². The molecule has 0 aliphatic carbocycles. The maximum atomic E-state index is 12.8. The van der Waals surface area contributed by atoms with E-state index in [9.17, 15) is 14.9 Å². The molecule has 200 valence electrons. The summed E-state index contributed by atoms with van der Waals surface area (Å²) in [6.07, 6.45) is 3.08. The molecular weight excluding hydrogens is 586 g/mol. The number of hydrogen-bond donors (Lipinski definition) is 2. The lowest BCUT2D eigenvalue weighted by molar-refractivity contribution is -0.384. The first-order valence-electron chi connectivity index (χ1n) is 12.2. The highest BCUT2D eigenvalue weighted by Gasteiger charge is 2.23. The van der Waals surface area contributed by atoms with Crippen molar-refractivity contribution < 1.29 is 18.9 Å². The highest BCUT2D eigenvalue weighted by Crippen LogP contribution is 2.33. The molecule has 1 saturated heterocycles. The first-order valence-corrected chi connectivity index (χ1v) is 13.4. The highest BCUT2D eigenvalue weighted by atomic mass is 79.9. The lowest BCUT2D eigenvalue weighted by atomic mass is 10.1. The van der Waals surface area contributed by atoms with E-state index in [0.29, 0.717) is 34.1 Å². The van der Waals surface area contributed by atoms with Crippen molar-refractivity contribution in [3.63, 3.8) is 0 Å². The number of nitrogens with zero attached hydrogens (tertiary/aromatic N) is 3. The summed E-state index contributed by atoms with van der Waals surface area (Å²) in [6.45, 7) is 1.52. The van der Waals surface area contributed by atoms with Gasteiger partial charge in [0.15, 0.2) is 10.7 Å². The fourth-order valence-corrected chi connectivity index (χ4v) is 5.23. The summed E-state index contributed by atoms with van der Waals surface area (Å²) in [5.74, 6) is 0.594. The van der Waals surface area contributed by atoms with Crippen LogP contribution >= 0.6 is 28.1 Å². The number of carbonyl (C=O) groups excluding carboxylic acids is 1. The number of nitro groups is 1. The standard InChI is InChI=1S/C27H24BrN5O5S/c1-37-23-9-6-17(13-19(23)28)26-30-20-15-18(7-10-24(20)38-26)29-27(39)31-25(34)16-5-8-21(22(14-16)33(35)36)32-11-3-2-4-12-32/h5-10,13-15H,2-4,11-12H2,1H3,(H2,29,31,34,39). The molecular formula is C27H24BrN5O5S. The molecule has 5 rings (SSSR count). The number of amides is 1. The van der Waals surface area contributed by atoms with Crippen LogP contribution in [0.2, 0.25) is 0 Å². The number of nitro benzene ring substituents is 1. The zero-order valence-corrected chi connectivity index (χ0v) is 23.3. The Morgan fingerprint density at radius 3 is 2.64 bits per heavy atom. The number of nitrogens with one attached hydrogen (secondary N) is 2. The largest absolute Gasteiger partial charge is 0.496 e. The van der Waals surface area contributed by atoms with Crippen molar-refractivity contribution in [3.8, 4) is 17.2 Å². The predicted molar refractivity (Wildman–Crippen MR) is 157 cm³/mol. The van der Waals surface area contributed by atoms with E-state index < -0.39 is 10.8 Å². The van der Waals surface area contributed by atoms with E-state index >= 15 is 0 Å². The second-order valence-corrected chi connectivity index (χ2v) is 10.2. The maximum Gasteiger partial charge on any atom is 0.293 e. The first-order chi connectivity index (χ1) is 18.8. The molecule has 1 aliphatic rings. The summed E-state index contributed by atoms with van der Waals surface area (Å²) in [4.78, 5) is 30.7. The van der Waals surface area contributed by atoms with E-state index in [1.165, 1.54) is 6.07 Å². The van der Waals surface area contributed by atoms with Crippen molar-refractivity contribution in [2.75, 3.05) is 30.4 Å². The Kier molecular flexibility index (Phi) is 7.75. The molecule has 3 aromatic carbocycles. The van der Waals surface area contributed by atoms with Crippen LogP contribution < -0.4 is 20.3 Å². The number of halogens is 1. The molecule has 12 heteroatoms. The topological polar surface area (TPSA) is 123 Å². The van der Waals surface area contributed by atoms with Gasteiger partial charge in [-0.25, -0.2) is 4.98 Å². The number of oxazole rings is 1. The normalized spacial score (nSPS) is 13.2. The second kappa shape index (κ2) is 11.4. The molecule has 39 heavy (non-hydrogen) atoms. The number of rotatable bonds is 6.